The van der Waals surface area contributed by atoms with Gasteiger partial charge in [0.05, 0.1) is 12.7 Å². The van der Waals surface area contributed by atoms with E-state index < -0.39 is 0 Å². The predicted molar refractivity (Wildman–Crippen MR) is 83.5 cm³/mol. The fourth-order valence-corrected chi connectivity index (χ4v) is 2.34. The highest BCUT2D eigenvalue weighted by atomic mass is 16.5. The first-order chi connectivity index (χ1) is 11.0. The first-order valence-corrected chi connectivity index (χ1v) is 7.21. The van der Waals surface area contributed by atoms with Crippen LogP contribution >= 0.6 is 0 Å². The van der Waals surface area contributed by atoms with Gasteiger partial charge >= 0.3 is 0 Å². The molecule has 0 aliphatic heterocycles. The van der Waals surface area contributed by atoms with E-state index in [0.29, 0.717) is 11.1 Å². The van der Waals surface area contributed by atoms with E-state index in [4.69, 9.17) is 4.74 Å². The highest BCUT2D eigenvalue weighted by Gasteiger charge is 2.31. The Bertz CT molecular complexity index is 703. The van der Waals surface area contributed by atoms with Crippen LogP contribution in [-0.2, 0) is 14.3 Å². The molecular weight excluding hydrogens is 296 g/mol. The van der Waals surface area contributed by atoms with E-state index >= 15 is 0 Å². The van der Waals surface area contributed by atoms with Crippen LogP contribution in [0.3, 0.4) is 0 Å². The Balaban J connectivity index is 2.13. The summed E-state index contributed by atoms with van der Waals surface area (Å²) >= 11 is 0. The lowest BCUT2D eigenvalue weighted by molar-refractivity contribution is -0.118. The van der Waals surface area contributed by atoms with Crippen molar-refractivity contribution in [1.82, 2.24) is 10.3 Å². The van der Waals surface area contributed by atoms with Gasteiger partial charge in [-0.2, -0.15) is 0 Å². The monoisotopic (exact) mass is 314 g/mol. The first-order valence-electron chi connectivity index (χ1n) is 7.21. The van der Waals surface area contributed by atoms with E-state index in [0.717, 1.165) is 0 Å². The van der Waals surface area contributed by atoms with Crippen LogP contribution in [0.25, 0.3) is 0 Å². The summed E-state index contributed by atoms with van der Waals surface area (Å²) in [5.74, 6) is -1.07. The molecule has 0 bridgehead atoms. The molecular formula is C17H18N2O4. The Hall–Kier alpha value is -2.76. The SMILES string of the molecule is COC1=C(C(C)C)C(=O)C=C(CNC(=O)c2cccnc2)C1=O. The number of carbonyl (C=O) groups excluding carboxylic acids is 3. The summed E-state index contributed by atoms with van der Waals surface area (Å²) < 4.78 is 5.12. The molecule has 0 saturated heterocycles. The zero-order chi connectivity index (χ0) is 17.0. The van der Waals surface area contributed by atoms with Crippen molar-refractivity contribution in [3.05, 3.63) is 53.1 Å². The average molecular weight is 314 g/mol. The van der Waals surface area contributed by atoms with Gasteiger partial charge in [-0.15, -0.1) is 0 Å². The molecule has 0 saturated carbocycles. The third-order valence-electron chi connectivity index (χ3n) is 3.46. The zero-order valence-corrected chi connectivity index (χ0v) is 13.3. The maximum atomic E-state index is 12.4. The van der Waals surface area contributed by atoms with Crippen molar-refractivity contribution in [1.29, 1.82) is 0 Å². The maximum Gasteiger partial charge on any atom is 0.253 e. The van der Waals surface area contributed by atoms with Crippen LogP contribution in [0, 0.1) is 5.92 Å². The summed E-state index contributed by atoms with van der Waals surface area (Å²) in [5, 5.41) is 2.61. The van der Waals surface area contributed by atoms with Crippen LogP contribution in [-0.4, -0.2) is 36.1 Å². The number of aromatic nitrogens is 1. The van der Waals surface area contributed by atoms with Crippen molar-refractivity contribution in [3.8, 4) is 0 Å². The van der Waals surface area contributed by atoms with Crippen LogP contribution in [0.4, 0.5) is 0 Å². The van der Waals surface area contributed by atoms with Crippen molar-refractivity contribution in [2.24, 2.45) is 5.92 Å². The normalized spacial score (nSPS) is 14.9. The molecule has 1 heterocycles. The van der Waals surface area contributed by atoms with Crippen LogP contribution in [0.1, 0.15) is 24.2 Å². The van der Waals surface area contributed by atoms with Gasteiger partial charge < -0.3 is 10.1 Å². The minimum absolute atomic E-state index is 0.0451. The van der Waals surface area contributed by atoms with Gasteiger partial charge in [0.15, 0.2) is 11.5 Å². The zero-order valence-electron chi connectivity index (χ0n) is 13.3. The van der Waals surface area contributed by atoms with Crippen LogP contribution in [0.15, 0.2) is 47.5 Å². The van der Waals surface area contributed by atoms with Crippen molar-refractivity contribution in [3.63, 3.8) is 0 Å². The Labute approximate surface area is 134 Å². The molecule has 6 nitrogen and oxygen atoms in total. The van der Waals surface area contributed by atoms with E-state index in [2.05, 4.69) is 10.3 Å². The van der Waals surface area contributed by atoms with Crippen LogP contribution < -0.4 is 5.32 Å². The number of hydrogen-bond acceptors (Lipinski definition) is 5. The van der Waals surface area contributed by atoms with E-state index in [9.17, 15) is 14.4 Å². The minimum Gasteiger partial charge on any atom is -0.492 e. The van der Waals surface area contributed by atoms with Gasteiger partial charge in [0.25, 0.3) is 5.91 Å². The smallest absolute Gasteiger partial charge is 0.253 e. The molecule has 0 aromatic carbocycles. The van der Waals surface area contributed by atoms with Gasteiger partial charge in [-0.1, -0.05) is 13.8 Å². The van der Waals surface area contributed by atoms with Gasteiger partial charge in [-0.3, -0.25) is 19.4 Å². The third kappa shape index (κ3) is 3.53. The Kier molecular flexibility index (Phi) is 5.05. The quantitative estimate of drug-likeness (QED) is 0.831. The highest BCUT2D eigenvalue weighted by Crippen LogP contribution is 2.25. The largest absolute Gasteiger partial charge is 0.492 e. The van der Waals surface area contributed by atoms with E-state index in [1.54, 1.807) is 18.3 Å². The molecule has 1 aliphatic carbocycles. The average Bonchev–Trinajstić information content (AvgIpc) is 2.54. The number of ketones is 2. The molecule has 1 aromatic heterocycles. The second kappa shape index (κ2) is 7.00. The summed E-state index contributed by atoms with van der Waals surface area (Å²) in [4.78, 5) is 40.4. The molecule has 1 aliphatic rings. The standard InChI is InChI=1S/C17H18N2O4/c1-10(2)14-13(20)7-12(15(21)16(14)23-3)9-19-17(22)11-5-4-6-18-8-11/h4-8,10H,9H2,1-3H3,(H,19,22). The highest BCUT2D eigenvalue weighted by molar-refractivity contribution is 6.22. The summed E-state index contributed by atoms with van der Waals surface area (Å²) in [6, 6.07) is 3.26. The molecule has 2 rings (SSSR count). The number of ether oxygens (including phenoxy) is 1. The van der Waals surface area contributed by atoms with Crippen molar-refractivity contribution in [2.75, 3.05) is 13.7 Å². The second-order valence-corrected chi connectivity index (χ2v) is 5.39. The van der Waals surface area contributed by atoms with Crippen molar-refractivity contribution >= 4 is 17.5 Å². The molecule has 23 heavy (non-hydrogen) atoms. The molecule has 0 spiro atoms. The lowest BCUT2D eigenvalue weighted by atomic mass is 9.88. The summed E-state index contributed by atoms with van der Waals surface area (Å²) in [6.07, 6.45) is 4.25. The second-order valence-electron chi connectivity index (χ2n) is 5.39. The number of hydrogen-bond donors (Lipinski definition) is 1. The van der Waals surface area contributed by atoms with E-state index in [1.165, 1.54) is 19.4 Å². The predicted octanol–water partition coefficient (Wildman–Crippen LogP) is 1.45. The van der Waals surface area contributed by atoms with Gasteiger partial charge in [0.1, 0.15) is 0 Å². The molecule has 1 N–H and O–H groups in total. The number of allylic oxidation sites excluding steroid dienone is 3. The lowest BCUT2D eigenvalue weighted by Crippen LogP contribution is -2.32. The Morgan fingerprint density at radius 3 is 2.65 bits per heavy atom. The number of amides is 1. The van der Waals surface area contributed by atoms with E-state index in [-0.39, 0.29) is 41.3 Å². The minimum atomic E-state index is -0.373. The van der Waals surface area contributed by atoms with Crippen molar-refractivity contribution < 1.29 is 19.1 Å². The molecule has 6 heteroatoms. The van der Waals surface area contributed by atoms with Crippen LogP contribution in [0.2, 0.25) is 0 Å². The molecule has 1 aromatic rings. The van der Waals surface area contributed by atoms with E-state index in [1.807, 2.05) is 13.8 Å². The number of pyridine rings is 1. The fraction of sp³-hybridized carbons (Fsp3) is 0.294. The number of rotatable bonds is 5. The van der Waals surface area contributed by atoms with Crippen molar-refractivity contribution in [2.45, 2.75) is 13.8 Å². The van der Waals surface area contributed by atoms with Gasteiger partial charge in [-0.05, 0) is 24.1 Å². The summed E-state index contributed by atoms with van der Waals surface area (Å²) in [6.45, 7) is 3.60. The fourth-order valence-electron chi connectivity index (χ4n) is 2.34. The third-order valence-corrected chi connectivity index (χ3v) is 3.46. The number of nitrogens with one attached hydrogen (secondary N) is 1. The molecule has 1 amide bonds. The Morgan fingerprint density at radius 1 is 1.35 bits per heavy atom. The van der Waals surface area contributed by atoms with Gasteiger partial charge in [0, 0.05) is 30.1 Å². The van der Waals surface area contributed by atoms with Crippen LogP contribution in [0.5, 0.6) is 0 Å². The van der Waals surface area contributed by atoms with Gasteiger partial charge in [0.2, 0.25) is 5.78 Å². The first kappa shape index (κ1) is 16.6. The lowest BCUT2D eigenvalue weighted by Gasteiger charge is -2.20. The number of carbonyl (C=O) groups is 3. The molecule has 0 atom stereocenters. The Morgan fingerprint density at radius 2 is 2.09 bits per heavy atom. The maximum absolute atomic E-state index is 12.4. The number of Topliss-reactive ketones (excluding diaryl/α,β-unsaturated/α-hetero) is 1. The summed E-state index contributed by atoms with van der Waals surface area (Å²) in [7, 11) is 1.36. The molecule has 0 unspecified atom stereocenters. The molecule has 120 valence electrons. The number of nitrogens with zero attached hydrogens (tertiary/aromatic N) is 1. The number of methoxy groups -OCH3 is 1. The molecule has 0 fully saturated rings. The topological polar surface area (TPSA) is 85.4 Å². The molecule has 0 radical (unpaired) electrons. The van der Waals surface area contributed by atoms with Gasteiger partial charge in [-0.25, -0.2) is 0 Å². The summed E-state index contributed by atoms with van der Waals surface area (Å²) in [5.41, 5.74) is 0.946.